The number of nitrogens with zero attached hydrogens (tertiary/aromatic N) is 1. The number of allylic oxidation sites excluding steroid dienone is 2. The Bertz CT molecular complexity index is 1210. The van der Waals surface area contributed by atoms with Crippen molar-refractivity contribution in [2.45, 2.75) is 46.0 Å². The van der Waals surface area contributed by atoms with Crippen LogP contribution in [-0.2, 0) is 6.42 Å². The molecular formula is C26H25N. The minimum Gasteiger partial charge on any atom is -0.248 e. The molecule has 0 unspecified atom stereocenters. The van der Waals surface area contributed by atoms with Gasteiger partial charge in [-0.25, -0.2) is 4.98 Å². The van der Waals surface area contributed by atoms with Gasteiger partial charge < -0.3 is 0 Å². The summed E-state index contributed by atoms with van der Waals surface area (Å²) in [6.45, 7) is 4.59. The van der Waals surface area contributed by atoms with Gasteiger partial charge in [0, 0.05) is 5.39 Å². The molecule has 1 heteroatoms. The minimum absolute atomic E-state index is 1.10. The molecule has 0 aliphatic heterocycles. The number of hydrogen-bond donors (Lipinski definition) is 0. The molecule has 1 aromatic heterocycles. The second-order valence-electron chi connectivity index (χ2n) is 7.85. The SMILES string of the molecule is C/C1=c2\cccc\c2=C\CCCC2=C1CCc1c2nc2ccccc2c1C. The average molecular weight is 351 g/mol. The second kappa shape index (κ2) is 6.49. The van der Waals surface area contributed by atoms with Crippen molar-refractivity contribution in [3.8, 4) is 0 Å². The third-order valence-electron chi connectivity index (χ3n) is 6.37. The summed E-state index contributed by atoms with van der Waals surface area (Å²) in [5.41, 5.74) is 9.76. The van der Waals surface area contributed by atoms with Gasteiger partial charge in [-0.05, 0) is 90.3 Å². The van der Waals surface area contributed by atoms with E-state index in [1.807, 2.05) is 0 Å². The van der Waals surface area contributed by atoms with Gasteiger partial charge in [-0.1, -0.05) is 48.5 Å². The Hall–Kier alpha value is -2.67. The fourth-order valence-corrected chi connectivity index (χ4v) is 4.91. The molecule has 2 aliphatic rings. The van der Waals surface area contributed by atoms with Crippen LogP contribution < -0.4 is 10.4 Å². The van der Waals surface area contributed by atoms with Gasteiger partial charge in [-0.2, -0.15) is 0 Å². The van der Waals surface area contributed by atoms with E-state index in [-0.39, 0.29) is 0 Å². The molecule has 0 bridgehead atoms. The summed E-state index contributed by atoms with van der Waals surface area (Å²) in [6.07, 6.45) is 8.08. The van der Waals surface area contributed by atoms with Crippen molar-refractivity contribution in [3.05, 3.63) is 81.4 Å². The van der Waals surface area contributed by atoms with Crippen LogP contribution in [0, 0.1) is 6.92 Å². The molecule has 134 valence electrons. The van der Waals surface area contributed by atoms with Crippen LogP contribution in [0.15, 0.2) is 54.1 Å². The van der Waals surface area contributed by atoms with Gasteiger partial charge in [0.05, 0.1) is 11.2 Å². The Morgan fingerprint density at radius 2 is 1.63 bits per heavy atom. The van der Waals surface area contributed by atoms with E-state index in [4.69, 9.17) is 4.98 Å². The third-order valence-corrected chi connectivity index (χ3v) is 6.37. The molecule has 0 radical (unpaired) electrons. The quantitative estimate of drug-likeness (QED) is 0.550. The van der Waals surface area contributed by atoms with Crippen LogP contribution in [0.2, 0.25) is 0 Å². The Kier molecular flexibility index (Phi) is 3.97. The smallest absolute Gasteiger partial charge is 0.0712 e. The highest BCUT2D eigenvalue weighted by atomic mass is 14.7. The lowest BCUT2D eigenvalue weighted by atomic mass is 9.81. The van der Waals surface area contributed by atoms with Gasteiger partial charge in [-0.3, -0.25) is 0 Å². The van der Waals surface area contributed by atoms with Crippen LogP contribution in [0.25, 0.3) is 28.1 Å². The topological polar surface area (TPSA) is 12.9 Å². The molecule has 0 saturated carbocycles. The summed E-state index contributed by atoms with van der Waals surface area (Å²) in [4.78, 5) is 5.17. The van der Waals surface area contributed by atoms with Crippen molar-refractivity contribution >= 4 is 28.1 Å². The molecule has 5 rings (SSSR count). The summed E-state index contributed by atoms with van der Waals surface area (Å²) in [5, 5.41) is 4.09. The highest BCUT2D eigenvalue weighted by Gasteiger charge is 2.24. The molecule has 27 heavy (non-hydrogen) atoms. The molecule has 2 aromatic carbocycles. The minimum atomic E-state index is 1.10. The predicted molar refractivity (Wildman–Crippen MR) is 115 cm³/mol. The van der Waals surface area contributed by atoms with Crippen molar-refractivity contribution < 1.29 is 0 Å². The van der Waals surface area contributed by atoms with Gasteiger partial charge >= 0.3 is 0 Å². The van der Waals surface area contributed by atoms with E-state index in [2.05, 4.69) is 68.5 Å². The normalized spacial score (nSPS) is 19.9. The van der Waals surface area contributed by atoms with E-state index < -0.39 is 0 Å². The average Bonchev–Trinajstić information content (AvgIpc) is 2.77. The number of aromatic nitrogens is 1. The maximum Gasteiger partial charge on any atom is 0.0712 e. The lowest BCUT2D eigenvalue weighted by Gasteiger charge is -2.26. The summed E-state index contributed by atoms with van der Waals surface area (Å²) < 4.78 is 0. The van der Waals surface area contributed by atoms with Gasteiger partial charge in [0.25, 0.3) is 0 Å². The molecule has 3 aromatic rings. The van der Waals surface area contributed by atoms with Crippen molar-refractivity contribution in [2.75, 3.05) is 0 Å². The number of hydrogen-bond acceptors (Lipinski definition) is 1. The fourth-order valence-electron chi connectivity index (χ4n) is 4.91. The molecule has 0 saturated heterocycles. The lowest BCUT2D eigenvalue weighted by molar-refractivity contribution is 0.856. The van der Waals surface area contributed by atoms with Crippen molar-refractivity contribution in [2.24, 2.45) is 0 Å². The zero-order valence-corrected chi connectivity index (χ0v) is 16.2. The number of aryl methyl sites for hydroxylation is 1. The van der Waals surface area contributed by atoms with E-state index >= 15 is 0 Å². The summed E-state index contributed by atoms with van der Waals surface area (Å²) in [6, 6.07) is 17.5. The van der Waals surface area contributed by atoms with Gasteiger partial charge in [0.15, 0.2) is 0 Å². The van der Waals surface area contributed by atoms with E-state index in [1.165, 1.54) is 55.8 Å². The van der Waals surface area contributed by atoms with Crippen LogP contribution in [0.4, 0.5) is 0 Å². The number of fused-ring (bicyclic) bond motifs is 4. The second-order valence-corrected chi connectivity index (χ2v) is 7.85. The van der Waals surface area contributed by atoms with E-state index in [0.717, 1.165) is 31.2 Å². The van der Waals surface area contributed by atoms with Crippen LogP contribution in [0.1, 0.15) is 49.4 Å². The first-order valence-corrected chi connectivity index (χ1v) is 10.1. The molecular weight excluding hydrogens is 326 g/mol. The molecule has 0 N–H and O–H groups in total. The zero-order valence-electron chi connectivity index (χ0n) is 16.2. The van der Waals surface area contributed by atoms with Crippen LogP contribution >= 0.6 is 0 Å². The molecule has 0 fully saturated rings. The highest BCUT2D eigenvalue weighted by Crippen LogP contribution is 2.40. The number of rotatable bonds is 0. The molecule has 0 spiro atoms. The van der Waals surface area contributed by atoms with Gasteiger partial charge in [-0.15, -0.1) is 0 Å². The monoisotopic (exact) mass is 351 g/mol. The first kappa shape index (κ1) is 16.5. The molecule has 0 amide bonds. The van der Waals surface area contributed by atoms with Crippen LogP contribution in [-0.4, -0.2) is 4.98 Å². The summed E-state index contributed by atoms with van der Waals surface area (Å²) in [7, 11) is 0. The summed E-state index contributed by atoms with van der Waals surface area (Å²) in [5.74, 6) is 0. The van der Waals surface area contributed by atoms with E-state index in [0.29, 0.717) is 0 Å². The maximum absolute atomic E-state index is 5.17. The third kappa shape index (κ3) is 2.65. The Balaban J connectivity index is 1.84. The maximum atomic E-state index is 5.17. The number of pyridine rings is 1. The zero-order chi connectivity index (χ0) is 18.4. The fraction of sp³-hybridized carbons (Fsp3) is 0.269. The van der Waals surface area contributed by atoms with Crippen molar-refractivity contribution in [3.63, 3.8) is 0 Å². The number of para-hydroxylation sites is 1. The van der Waals surface area contributed by atoms with Crippen LogP contribution in [0.5, 0.6) is 0 Å². The first-order valence-electron chi connectivity index (χ1n) is 10.1. The molecule has 1 heterocycles. The predicted octanol–water partition coefficient (Wildman–Crippen LogP) is 5.08. The first-order chi connectivity index (χ1) is 13.2. The van der Waals surface area contributed by atoms with Crippen molar-refractivity contribution in [1.82, 2.24) is 4.98 Å². The Labute approximate surface area is 160 Å². The molecule has 1 nitrogen and oxygen atoms in total. The highest BCUT2D eigenvalue weighted by molar-refractivity contribution is 5.90. The van der Waals surface area contributed by atoms with Crippen molar-refractivity contribution in [1.29, 1.82) is 0 Å². The molecule has 0 atom stereocenters. The summed E-state index contributed by atoms with van der Waals surface area (Å²) >= 11 is 0. The Morgan fingerprint density at radius 1 is 0.815 bits per heavy atom. The van der Waals surface area contributed by atoms with E-state index in [1.54, 1.807) is 0 Å². The standard InChI is InChI=1S/C26H25N/c1-17-20-11-5-3-9-19(20)10-4-6-13-24-21(17)15-16-23-18(2)22-12-7-8-14-25(22)27-26(23)24/h3,5,7-12,14H,4,6,13,15-16H2,1-2H3/b19-10-,20-17-. The number of benzene rings is 2. The van der Waals surface area contributed by atoms with E-state index in [9.17, 15) is 0 Å². The van der Waals surface area contributed by atoms with Gasteiger partial charge in [0.1, 0.15) is 0 Å². The van der Waals surface area contributed by atoms with Gasteiger partial charge in [0.2, 0.25) is 0 Å². The Morgan fingerprint density at radius 3 is 2.56 bits per heavy atom. The lowest BCUT2D eigenvalue weighted by Crippen LogP contribution is -2.26. The molecule has 2 aliphatic carbocycles. The van der Waals surface area contributed by atoms with Crippen LogP contribution in [0.3, 0.4) is 0 Å². The largest absolute Gasteiger partial charge is 0.248 e.